The molecule has 2 rings (SSSR count). The van der Waals surface area contributed by atoms with Gasteiger partial charge in [0.15, 0.2) is 0 Å². The molecule has 0 fully saturated rings. The molecule has 0 N–H and O–H groups in total. The number of allylic oxidation sites excluding steroid dienone is 2. The molecule has 6 heteroatoms. The predicted molar refractivity (Wildman–Crippen MR) is 159 cm³/mol. The van der Waals surface area contributed by atoms with Crippen LogP contribution in [0.2, 0.25) is 0 Å². The van der Waals surface area contributed by atoms with E-state index in [4.69, 9.17) is 0 Å². The van der Waals surface area contributed by atoms with Crippen molar-refractivity contribution in [1.82, 2.24) is 4.98 Å². The number of likely N-dealkylation sites (N-methyl/N-ethyl adjacent to an activating group) is 2. The SMILES string of the molecule is C=CC[N+](C)(C)C.CCCCCCCCCCCCCC[N+]1(C)C=CC(c2ccncc2)=CC1.Cl.[Br-].[Cl-]. The van der Waals surface area contributed by atoms with Gasteiger partial charge in [0.2, 0.25) is 0 Å². The zero-order chi connectivity index (χ0) is 25.1. The first-order chi connectivity index (χ1) is 16.3. The number of hydrogen-bond donors (Lipinski definition) is 0. The van der Waals surface area contributed by atoms with E-state index in [0.717, 1.165) is 22.1 Å². The minimum absolute atomic E-state index is 0. The van der Waals surface area contributed by atoms with E-state index in [9.17, 15) is 0 Å². The maximum atomic E-state index is 4.11. The van der Waals surface area contributed by atoms with Crippen LogP contribution in [0.25, 0.3) is 5.57 Å². The van der Waals surface area contributed by atoms with Gasteiger partial charge in [0, 0.05) is 12.4 Å². The third kappa shape index (κ3) is 21.9. The summed E-state index contributed by atoms with van der Waals surface area (Å²) in [6.45, 7) is 9.33. The molecule has 1 aromatic rings. The van der Waals surface area contributed by atoms with E-state index in [2.05, 4.69) is 77.2 Å². The highest BCUT2D eigenvalue weighted by Crippen LogP contribution is 2.23. The van der Waals surface area contributed by atoms with Gasteiger partial charge in [-0.05, 0) is 54.3 Å². The maximum absolute atomic E-state index is 4.11. The quantitative estimate of drug-likeness (QED) is 0.157. The van der Waals surface area contributed by atoms with Crippen molar-refractivity contribution >= 4 is 18.0 Å². The Balaban J connectivity index is -0.00000102. The fourth-order valence-electron chi connectivity index (χ4n) is 4.32. The summed E-state index contributed by atoms with van der Waals surface area (Å²) in [4.78, 5) is 4.11. The molecule has 0 aromatic carbocycles. The molecule has 0 amide bonds. The van der Waals surface area contributed by atoms with Gasteiger partial charge in [0.1, 0.15) is 6.54 Å². The van der Waals surface area contributed by atoms with E-state index < -0.39 is 0 Å². The molecule has 0 spiro atoms. The molecule has 1 aliphatic heterocycles. The van der Waals surface area contributed by atoms with Gasteiger partial charge >= 0.3 is 0 Å². The maximum Gasteiger partial charge on any atom is 0.102 e. The van der Waals surface area contributed by atoms with Crippen molar-refractivity contribution in [3.05, 3.63) is 61.1 Å². The van der Waals surface area contributed by atoms with E-state index in [1.54, 1.807) is 0 Å². The molecule has 0 saturated heterocycles. The van der Waals surface area contributed by atoms with Crippen LogP contribution in [0.4, 0.5) is 0 Å². The highest BCUT2D eigenvalue weighted by molar-refractivity contribution is 5.85. The van der Waals surface area contributed by atoms with Crippen LogP contribution in [0, 0.1) is 0 Å². The summed E-state index contributed by atoms with van der Waals surface area (Å²) in [6.07, 6.45) is 29.8. The molecule has 0 radical (unpaired) electrons. The molecule has 1 aromatic heterocycles. The molecule has 216 valence electrons. The van der Waals surface area contributed by atoms with Crippen LogP contribution in [0.5, 0.6) is 0 Å². The molecule has 37 heavy (non-hydrogen) atoms. The first-order valence-electron chi connectivity index (χ1n) is 13.8. The Morgan fingerprint density at radius 1 is 0.892 bits per heavy atom. The third-order valence-electron chi connectivity index (χ3n) is 6.56. The number of halogens is 3. The third-order valence-corrected chi connectivity index (χ3v) is 6.56. The van der Waals surface area contributed by atoms with E-state index in [-0.39, 0.29) is 41.8 Å². The summed E-state index contributed by atoms with van der Waals surface area (Å²) in [5.74, 6) is 0. The smallest absolute Gasteiger partial charge is 0.102 e. The summed E-state index contributed by atoms with van der Waals surface area (Å²) >= 11 is 0. The van der Waals surface area contributed by atoms with Crippen molar-refractivity contribution in [2.75, 3.05) is 47.8 Å². The van der Waals surface area contributed by atoms with Crippen LogP contribution in [0.15, 0.2) is 55.5 Å². The first-order valence-corrected chi connectivity index (χ1v) is 13.8. The molecular weight excluding hydrogens is 565 g/mol. The number of unbranched alkanes of at least 4 members (excludes halogenated alkanes) is 11. The predicted octanol–water partition coefficient (Wildman–Crippen LogP) is 2.45. The standard InChI is InChI=1S/C25H41N2.C6H14N.BrH.2ClH/c1-3-4-5-6-7-8-9-10-11-12-13-14-21-27(2)22-17-25(18-23-27)24-15-19-26-20-16-24;1-5-6-7(2,3)4;;;/h15-20,22H,3-14,21,23H2,1-2H3;5H,1,6H2,2-4H3;3*1H/q2*+1;;;/p-2. The Kier molecular flexibility index (Phi) is 26.9. The molecule has 1 unspecified atom stereocenters. The van der Waals surface area contributed by atoms with Crippen molar-refractivity contribution < 1.29 is 38.4 Å². The number of quaternary nitrogens is 2. The number of pyridine rings is 1. The van der Waals surface area contributed by atoms with Gasteiger partial charge in [0.25, 0.3) is 0 Å². The summed E-state index contributed by atoms with van der Waals surface area (Å²) in [6, 6.07) is 4.19. The topological polar surface area (TPSA) is 12.9 Å². The zero-order valence-corrected chi connectivity index (χ0v) is 27.6. The number of rotatable bonds is 16. The molecule has 3 nitrogen and oxygen atoms in total. The molecule has 2 heterocycles. The number of hydrogen-bond acceptors (Lipinski definition) is 1. The lowest BCUT2D eigenvalue weighted by atomic mass is 10.0. The molecule has 0 aliphatic carbocycles. The first kappa shape index (κ1) is 40.8. The van der Waals surface area contributed by atoms with Gasteiger partial charge in [0.05, 0.1) is 47.5 Å². The Morgan fingerprint density at radius 2 is 1.38 bits per heavy atom. The monoisotopic (exact) mass is 619 g/mol. The van der Waals surface area contributed by atoms with Crippen molar-refractivity contribution in [3.8, 4) is 0 Å². The molecule has 1 aliphatic rings. The van der Waals surface area contributed by atoms with Gasteiger partial charge < -0.3 is 33.9 Å². The van der Waals surface area contributed by atoms with Gasteiger partial charge in [-0.15, -0.1) is 12.4 Å². The summed E-state index contributed by atoms with van der Waals surface area (Å²) < 4.78 is 2.02. The van der Waals surface area contributed by atoms with Crippen LogP contribution in [0.3, 0.4) is 0 Å². The largest absolute Gasteiger partial charge is 1.00 e. The Bertz CT molecular complexity index is 717. The fraction of sp³-hybridized carbons (Fsp3) is 0.645. The minimum Gasteiger partial charge on any atom is -1.00 e. The van der Waals surface area contributed by atoms with Crippen LogP contribution < -0.4 is 29.4 Å². The average molecular weight is 622 g/mol. The number of nitrogens with zero attached hydrogens (tertiary/aromatic N) is 3. The van der Waals surface area contributed by atoms with Crippen molar-refractivity contribution in [2.45, 2.75) is 84.0 Å². The average Bonchev–Trinajstić information content (AvgIpc) is 2.80. The highest BCUT2D eigenvalue weighted by atomic mass is 79.9. The highest BCUT2D eigenvalue weighted by Gasteiger charge is 2.20. The van der Waals surface area contributed by atoms with Crippen LogP contribution in [-0.2, 0) is 0 Å². The zero-order valence-electron chi connectivity index (χ0n) is 24.4. The van der Waals surface area contributed by atoms with Crippen molar-refractivity contribution in [3.63, 3.8) is 0 Å². The van der Waals surface area contributed by atoms with Gasteiger partial charge in [-0.2, -0.15) is 0 Å². The van der Waals surface area contributed by atoms with E-state index in [0.29, 0.717) is 0 Å². The van der Waals surface area contributed by atoms with Crippen LogP contribution in [-0.4, -0.2) is 61.8 Å². The summed E-state index contributed by atoms with van der Waals surface area (Å²) in [5.41, 5.74) is 2.61. The van der Waals surface area contributed by atoms with Crippen molar-refractivity contribution in [2.24, 2.45) is 0 Å². The van der Waals surface area contributed by atoms with Crippen molar-refractivity contribution in [1.29, 1.82) is 0 Å². The normalized spacial score (nSPS) is 16.2. The lowest BCUT2D eigenvalue weighted by molar-refractivity contribution is -0.864. The summed E-state index contributed by atoms with van der Waals surface area (Å²) in [7, 11) is 8.78. The molecule has 0 saturated carbocycles. The van der Waals surface area contributed by atoms with Gasteiger partial charge in [-0.25, -0.2) is 0 Å². The Morgan fingerprint density at radius 3 is 1.76 bits per heavy atom. The fourth-order valence-corrected chi connectivity index (χ4v) is 4.32. The van der Waals surface area contributed by atoms with Gasteiger partial charge in [-0.3, -0.25) is 9.47 Å². The second-order valence-corrected chi connectivity index (χ2v) is 11.2. The second kappa shape index (κ2) is 24.4. The van der Waals surface area contributed by atoms with E-state index >= 15 is 0 Å². The molecule has 0 bridgehead atoms. The molecular formula is C31H56BrCl2N3. The van der Waals surface area contributed by atoms with E-state index in [1.807, 2.05) is 18.5 Å². The minimum atomic E-state index is 0. The van der Waals surface area contributed by atoms with Crippen LogP contribution in [0.1, 0.15) is 89.5 Å². The lowest BCUT2D eigenvalue weighted by Gasteiger charge is -2.32. The second-order valence-electron chi connectivity index (χ2n) is 11.2. The van der Waals surface area contributed by atoms with Crippen LogP contribution >= 0.6 is 12.4 Å². The van der Waals surface area contributed by atoms with E-state index in [1.165, 1.54) is 94.7 Å². The number of aromatic nitrogens is 1. The molecule has 1 atom stereocenters. The lowest BCUT2D eigenvalue weighted by Crippen LogP contribution is -3.00. The Labute approximate surface area is 253 Å². The summed E-state index contributed by atoms with van der Waals surface area (Å²) in [5, 5.41) is 0. The Hall–Kier alpha value is -0.650. The van der Waals surface area contributed by atoms with Gasteiger partial charge in [-0.1, -0.05) is 77.7 Å².